The molecule has 26 heavy (non-hydrogen) atoms. The molecule has 1 aliphatic rings. The molecule has 1 amide bonds. The predicted octanol–water partition coefficient (Wildman–Crippen LogP) is 3.26. The summed E-state index contributed by atoms with van der Waals surface area (Å²) >= 11 is 0. The Balaban J connectivity index is 1.63. The molecular weight excluding hydrogens is 332 g/mol. The lowest BCUT2D eigenvalue weighted by Crippen LogP contribution is -2.34. The zero-order valence-electron chi connectivity index (χ0n) is 14.1. The Morgan fingerprint density at radius 1 is 1.08 bits per heavy atom. The number of aromatic nitrogens is 1. The highest BCUT2D eigenvalue weighted by molar-refractivity contribution is 5.97. The minimum atomic E-state index is -1.15. The van der Waals surface area contributed by atoms with Crippen molar-refractivity contribution < 1.29 is 19.2 Å². The fraction of sp³-hybridized carbons (Fsp3) is 0.250. The molecule has 0 saturated heterocycles. The number of carboxylic acids is 1. The summed E-state index contributed by atoms with van der Waals surface area (Å²) in [6.07, 6.45) is 3.48. The van der Waals surface area contributed by atoms with Gasteiger partial charge in [0.05, 0.1) is 0 Å². The molecule has 6 heteroatoms. The fourth-order valence-electron chi connectivity index (χ4n) is 3.44. The van der Waals surface area contributed by atoms with Gasteiger partial charge in [-0.3, -0.25) is 4.79 Å². The van der Waals surface area contributed by atoms with Crippen LogP contribution in [0, 0.1) is 0 Å². The number of hydrogen-bond acceptors (Lipinski definition) is 4. The van der Waals surface area contributed by atoms with E-state index in [1.807, 2.05) is 30.3 Å². The Labute approximate surface area is 149 Å². The van der Waals surface area contributed by atoms with Gasteiger partial charge in [0.15, 0.2) is 11.7 Å². The molecule has 1 aliphatic carbocycles. The van der Waals surface area contributed by atoms with Crippen LogP contribution in [0.3, 0.4) is 0 Å². The third kappa shape index (κ3) is 2.94. The molecule has 0 saturated carbocycles. The van der Waals surface area contributed by atoms with Crippen molar-refractivity contribution >= 4 is 22.6 Å². The maximum absolute atomic E-state index is 12.6. The average molecular weight is 350 g/mol. The van der Waals surface area contributed by atoms with E-state index in [1.165, 1.54) is 0 Å². The zero-order valence-corrected chi connectivity index (χ0v) is 14.1. The summed E-state index contributed by atoms with van der Waals surface area (Å²) in [5, 5.41) is 18.0. The Morgan fingerprint density at radius 2 is 1.85 bits per heavy atom. The van der Waals surface area contributed by atoms with Crippen molar-refractivity contribution in [1.82, 2.24) is 10.5 Å². The SMILES string of the molecule is O=C(NC(C(=O)O)c1ccc2ccccc2c1)c1noc2c1CCCC2. The second kappa shape index (κ2) is 6.63. The van der Waals surface area contributed by atoms with E-state index in [-0.39, 0.29) is 5.69 Å². The van der Waals surface area contributed by atoms with Crippen LogP contribution in [0.15, 0.2) is 47.0 Å². The number of carbonyl (C=O) groups is 2. The fourth-order valence-corrected chi connectivity index (χ4v) is 3.44. The quantitative estimate of drug-likeness (QED) is 0.753. The van der Waals surface area contributed by atoms with Crippen LogP contribution >= 0.6 is 0 Å². The van der Waals surface area contributed by atoms with Crippen LogP contribution in [-0.2, 0) is 17.6 Å². The van der Waals surface area contributed by atoms with Crippen LogP contribution in [-0.4, -0.2) is 22.1 Å². The van der Waals surface area contributed by atoms with Crippen molar-refractivity contribution in [2.45, 2.75) is 31.7 Å². The van der Waals surface area contributed by atoms with Gasteiger partial charge < -0.3 is 14.9 Å². The summed E-state index contributed by atoms with van der Waals surface area (Å²) in [6, 6.07) is 11.9. The molecular formula is C20H18N2O4. The highest BCUT2D eigenvalue weighted by Gasteiger charge is 2.28. The van der Waals surface area contributed by atoms with Crippen molar-refractivity contribution in [2.24, 2.45) is 0 Å². The highest BCUT2D eigenvalue weighted by Crippen LogP contribution is 2.25. The topological polar surface area (TPSA) is 92.4 Å². The normalized spacial score (nSPS) is 14.6. The molecule has 1 aromatic heterocycles. The van der Waals surface area contributed by atoms with Gasteiger partial charge >= 0.3 is 5.97 Å². The van der Waals surface area contributed by atoms with Gasteiger partial charge in [0.2, 0.25) is 0 Å². The lowest BCUT2D eigenvalue weighted by Gasteiger charge is -2.16. The van der Waals surface area contributed by atoms with E-state index in [0.717, 1.165) is 47.8 Å². The van der Waals surface area contributed by atoms with Crippen molar-refractivity contribution in [1.29, 1.82) is 0 Å². The van der Waals surface area contributed by atoms with E-state index in [4.69, 9.17) is 4.52 Å². The van der Waals surface area contributed by atoms with Crippen molar-refractivity contribution in [3.63, 3.8) is 0 Å². The van der Waals surface area contributed by atoms with Crippen LogP contribution in [0.4, 0.5) is 0 Å². The van der Waals surface area contributed by atoms with Gasteiger partial charge in [-0.05, 0) is 41.7 Å². The standard InChI is InChI=1S/C20H18N2O4/c23-19(18-15-7-3-4-8-16(15)26-22-18)21-17(20(24)25)14-10-9-12-5-1-2-6-13(12)11-14/h1-2,5-6,9-11,17H,3-4,7-8H2,(H,21,23)(H,24,25). The molecule has 2 N–H and O–H groups in total. The first kappa shape index (κ1) is 16.3. The molecule has 0 fully saturated rings. The number of aryl methyl sites for hydroxylation is 1. The number of hydrogen-bond donors (Lipinski definition) is 2. The minimum absolute atomic E-state index is 0.201. The largest absolute Gasteiger partial charge is 0.479 e. The average Bonchev–Trinajstić information content (AvgIpc) is 3.09. The Bertz CT molecular complexity index is 992. The number of nitrogens with one attached hydrogen (secondary N) is 1. The molecule has 6 nitrogen and oxygen atoms in total. The summed E-state index contributed by atoms with van der Waals surface area (Å²) in [6.45, 7) is 0. The maximum Gasteiger partial charge on any atom is 0.330 e. The summed E-state index contributed by atoms with van der Waals surface area (Å²) in [7, 11) is 0. The molecule has 2 aromatic carbocycles. The predicted molar refractivity (Wildman–Crippen MR) is 94.9 cm³/mol. The van der Waals surface area contributed by atoms with Gasteiger partial charge in [-0.2, -0.15) is 0 Å². The van der Waals surface area contributed by atoms with Gasteiger partial charge in [-0.25, -0.2) is 4.79 Å². The lowest BCUT2D eigenvalue weighted by atomic mass is 9.96. The Morgan fingerprint density at radius 3 is 2.65 bits per heavy atom. The number of amides is 1. The number of fused-ring (bicyclic) bond motifs is 2. The van der Waals surface area contributed by atoms with E-state index in [9.17, 15) is 14.7 Å². The molecule has 1 unspecified atom stereocenters. The second-order valence-corrected chi connectivity index (χ2v) is 6.49. The van der Waals surface area contributed by atoms with Gasteiger partial charge in [-0.1, -0.05) is 41.6 Å². The molecule has 0 bridgehead atoms. The molecule has 3 aromatic rings. The first-order chi connectivity index (χ1) is 12.6. The highest BCUT2D eigenvalue weighted by atomic mass is 16.5. The van der Waals surface area contributed by atoms with Crippen molar-refractivity contribution in [2.75, 3.05) is 0 Å². The van der Waals surface area contributed by atoms with Crippen LogP contribution in [0.1, 0.15) is 46.3 Å². The van der Waals surface area contributed by atoms with Crippen LogP contribution in [0.5, 0.6) is 0 Å². The van der Waals surface area contributed by atoms with Crippen LogP contribution in [0.25, 0.3) is 10.8 Å². The maximum atomic E-state index is 12.6. The van der Waals surface area contributed by atoms with Crippen molar-refractivity contribution in [3.8, 4) is 0 Å². The zero-order chi connectivity index (χ0) is 18.1. The summed E-state index contributed by atoms with van der Waals surface area (Å²) in [5.74, 6) is -0.901. The first-order valence-electron chi connectivity index (χ1n) is 8.63. The number of carbonyl (C=O) groups excluding carboxylic acids is 1. The van der Waals surface area contributed by atoms with E-state index >= 15 is 0 Å². The summed E-state index contributed by atoms with van der Waals surface area (Å²) in [4.78, 5) is 24.4. The smallest absolute Gasteiger partial charge is 0.330 e. The molecule has 0 aliphatic heterocycles. The second-order valence-electron chi connectivity index (χ2n) is 6.49. The van der Waals surface area contributed by atoms with Crippen LogP contribution < -0.4 is 5.32 Å². The van der Waals surface area contributed by atoms with E-state index < -0.39 is 17.9 Å². The molecule has 0 radical (unpaired) electrons. The van der Waals surface area contributed by atoms with Crippen LogP contribution in [0.2, 0.25) is 0 Å². The number of benzene rings is 2. The molecule has 1 heterocycles. The van der Waals surface area contributed by atoms with Gasteiger partial charge in [-0.15, -0.1) is 0 Å². The van der Waals surface area contributed by atoms with Gasteiger partial charge in [0.25, 0.3) is 5.91 Å². The van der Waals surface area contributed by atoms with E-state index in [0.29, 0.717) is 5.56 Å². The number of rotatable bonds is 4. The third-order valence-corrected chi connectivity index (χ3v) is 4.79. The first-order valence-corrected chi connectivity index (χ1v) is 8.63. The van der Waals surface area contributed by atoms with E-state index in [2.05, 4.69) is 10.5 Å². The Hall–Kier alpha value is -3.15. The molecule has 132 valence electrons. The lowest BCUT2D eigenvalue weighted by molar-refractivity contribution is -0.139. The number of aliphatic carboxylic acids is 1. The van der Waals surface area contributed by atoms with Gasteiger partial charge in [0, 0.05) is 12.0 Å². The minimum Gasteiger partial charge on any atom is -0.479 e. The third-order valence-electron chi connectivity index (χ3n) is 4.79. The molecule has 4 rings (SSSR count). The monoisotopic (exact) mass is 350 g/mol. The van der Waals surface area contributed by atoms with Crippen molar-refractivity contribution in [3.05, 3.63) is 65.0 Å². The number of carboxylic acid groups (broad SMARTS) is 1. The van der Waals surface area contributed by atoms with E-state index in [1.54, 1.807) is 12.1 Å². The summed E-state index contributed by atoms with van der Waals surface area (Å²) in [5.41, 5.74) is 1.52. The van der Waals surface area contributed by atoms with Gasteiger partial charge in [0.1, 0.15) is 5.76 Å². The molecule has 0 spiro atoms. The summed E-state index contributed by atoms with van der Waals surface area (Å²) < 4.78 is 5.26. The number of nitrogens with zero attached hydrogens (tertiary/aromatic N) is 1. The Kier molecular flexibility index (Phi) is 4.16. The molecule has 1 atom stereocenters.